The van der Waals surface area contributed by atoms with Crippen molar-refractivity contribution in [2.45, 2.75) is 118 Å². The normalized spacial score (nSPS) is 39.1. The molecule has 0 aromatic carbocycles. The minimum atomic E-state index is -0.248. The zero-order valence-electron chi connectivity index (χ0n) is 23.0. The van der Waals surface area contributed by atoms with Crippen molar-refractivity contribution in [3.05, 3.63) is 11.6 Å². The van der Waals surface area contributed by atoms with Crippen LogP contribution in [0.15, 0.2) is 11.6 Å². The Morgan fingerprint density at radius 3 is 2.63 bits per heavy atom. The molecule has 0 bridgehead atoms. The molecule has 0 amide bonds. The predicted octanol–water partition coefficient (Wildman–Crippen LogP) is 7.50. The largest absolute Gasteiger partial charge is 0.467 e. The van der Waals surface area contributed by atoms with Gasteiger partial charge in [-0.25, -0.2) is 0 Å². The number of carbonyl (C=O) groups excluding carboxylic acids is 2. The minimum absolute atomic E-state index is 0.0222. The highest BCUT2D eigenvalue weighted by Crippen LogP contribution is 2.67. The van der Waals surface area contributed by atoms with E-state index in [0.29, 0.717) is 11.9 Å². The lowest BCUT2D eigenvalue weighted by atomic mass is 9.47. The van der Waals surface area contributed by atoms with Gasteiger partial charge in [-0.15, -0.1) is 0 Å². The summed E-state index contributed by atoms with van der Waals surface area (Å²) >= 11 is 0. The fourth-order valence-corrected chi connectivity index (χ4v) is 9.19. The Kier molecular flexibility index (Phi) is 8.38. The molecule has 0 spiro atoms. The first-order valence-corrected chi connectivity index (χ1v) is 14.6. The molecule has 4 heteroatoms. The van der Waals surface area contributed by atoms with Crippen molar-refractivity contribution < 1.29 is 19.1 Å². The Hall–Kier alpha value is -1.32. The van der Waals surface area contributed by atoms with Crippen LogP contribution in [-0.4, -0.2) is 25.2 Å². The molecule has 4 rings (SSSR count). The average Bonchev–Trinajstić information content (AvgIpc) is 3.16. The summed E-state index contributed by atoms with van der Waals surface area (Å²) in [7, 11) is 0. The highest BCUT2D eigenvalue weighted by atomic mass is 16.5. The fraction of sp³-hybridized carbons (Fsp3) is 0.871. The van der Waals surface area contributed by atoms with Gasteiger partial charge in [0.05, 0.1) is 6.42 Å². The second-order valence-electron chi connectivity index (χ2n) is 13.4. The van der Waals surface area contributed by atoms with E-state index in [4.69, 9.17) is 4.74 Å². The van der Waals surface area contributed by atoms with Crippen LogP contribution in [0.2, 0.25) is 0 Å². The number of esters is 1. The second-order valence-corrected chi connectivity index (χ2v) is 13.4. The maximum absolute atomic E-state index is 12.2. The number of hydrogen-bond donors (Lipinski definition) is 0. The SMILES string of the molecule is CC(C)CCCC(C)C1CCC2C3CC=C4CC(OC(=O)CCOC=O)CCC4(C)C3CCC12C. The van der Waals surface area contributed by atoms with Gasteiger partial charge in [-0.3, -0.25) is 9.59 Å². The zero-order chi connectivity index (χ0) is 25.2. The third-order valence-electron chi connectivity index (χ3n) is 11.1. The van der Waals surface area contributed by atoms with Crippen molar-refractivity contribution >= 4 is 12.4 Å². The van der Waals surface area contributed by atoms with E-state index in [2.05, 4.69) is 45.4 Å². The molecule has 0 heterocycles. The summed E-state index contributed by atoms with van der Waals surface area (Å²) in [6.45, 7) is 12.9. The van der Waals surface area contributed by atoms with Gasteiger partial charge in [-0.2, -0.15) is 0 Å². The molecule has 4 aliphatic carbocycles. The summed E-state index contributed by atoms with van der Waals surface area (Å²) in [6.07, 6.45) is 16.7. The van der Waals surface area contributed by atoms with Gasteiger partial charge < -0.3 is 9.47 Å². The number of rotatable bonds is 10. The van der Waals surface area contributed by atoms with Crippen LogP contribution in [-0.2, 0) is 19.1 Å². The monoisotopic (exact) mass is 486 g/mol. The molecule has 8 unspecified atom stereocenters. The van der Waals surface area contributed by atoms with E-state index in [0.717, 1.165) is 54.8 Å². The molecule has 35 heavy (non-hydrogen) atoms. The van der Waals surface area contributed by atoms with Crippen LogP contribution in [0.3, 0.4) is 0 Å². The predicted molar refractivity (Wildman–Crippen MR) is 140 cm³/mol. The molecule has 8 atom stereocenters. The van der Waals surface area contributed by atoms with Crippen molar-refractivity contribution in [3.63, 3.8) is 0 Å². The second kappa shape index (κ2) is 11.0. The summed E-state index contributed by atoms with van der Waals surface area (Å²) in [4.78, 5) is 22.5. The molecule has 0 N–H and O–H groups in total. The standard InChI is InChI=1S/C31H50O4/c1-21(2)7-6-8-22(3)26-11-12-27-25-10-9-23-19-24(35-29(33)15-18-34-20-32)13-16-30(23,4)28(25)14-17-31(26,27)5/h9,20-22,24-28H,6-8,10-19H2,1-5H3. The van der Waals surface area contributed by atoms with Gasteiger partial charge in [-0.05, 0) is 91.3 Å². The van der Waals surface area contributed by atoms with Gasteiger partial charge in [0.15, 0.2) is 0 Å². The molecular weight excluding hydrogens is 436 g/mol. The van der Waals surface area contributed by atoms with Crippen molar-refractivity contribution in [1.82, 2.24) is 0 Å². The lowest BCUT2D eigenvalue weighted by molar-refractivity contribution is -0.153. The maximum atomic E-state index is 12.2. The third-order valence-corrected chi connectivity index (χ3v) is 11.1. The summed E-state index contributed by atoms with van der Waals surface area (Å²) in [5, 5.41) is 0. The van der Waals surface area contributed by atoms with Gasteiger partial charge in [-0.1, -0.05) is 65.5 Å². The summed E-state index contributed by atoms with van der Waals surface area (Å²) < 4.78 is 10.4. The highest BCUT2D eigenvalue weighted by Gasteiger charge is 2.59. The van der Waals surface area contributed by atoms with E-state index in [-0.39, 0.29) is 30.5 Å². The van der Waals surface area contributed by atoms with E-state index >= 15 is 0 Å². The van der Waals surface area contributed by atoms with Gasteiger partial charge in [0, 0.05) is 6.42 Å². The number of ether oxygens (including phenoxy) is 2. The van der Waals surface area contributed by atoms with Gasteiger partial charge in [0.25, 0.3) is 6.47 Å². The van der Waals surface area contributed by atoms with Crippen LogP contribution in [0.5, 0.6) is 0 Å². The first-order chi connectivity index (χ1) is 16.7. The van der Waals surface area contributed by atoms with Crippen LogP contribution < -0.4 is 0 Å². The van der Waals surface area contributed by atoms with Crippen LogP contribution in [0.1, 0.15) is 112 Å². The van der Waals surface area contributed by atoms with E-state index in [9.17, 15) is 9.59 Å². The van der Waals surface area contributed by atoms with Crippen molar-refractivity contribution in [2.24, 2.45) is 46.3 Å². The summed E-state index contributed by atoms with van der Waals surface area (Å²) in [5.74, 6) is 4.82. The Morgan fingerprint density at radius 2 is 1.89 bits per heavy atom. The third kappa shape index (κ3) is 5.37. The first kappa shape index (κ1) is 26.7. The average molecular weight is 487 g/mol. The molecule has 0 radical (unpaired) electrons. The fourth-order valence-electron chi connectivity index (χ4n) is 9.19. The molecule has 0 aromatic rings. The molecule has 0 saturated heterocycles. The van der Waals surface area contributed by atoms with Crippen molar-refractivity contribution in [3.8, 4) is 0 Å². The lowest BCUT2D eigenvalue weighted by Crippen LogP contribution is -2.51. The van der Waals surface area contributed by atoms with Crippen molar-refractivity contribution in [2.75, 3.05) is 6.61 Å². The Labute approximate surface area is 214 Å². The van der Waals surface area contributed by atoms with Gasteiger partial charge in [0.2, 0.25) is 0 Å². The maximum Gasteiger partial charge on any atom is 0.309 e. The molecule has 3 saturated carbocycles. The molecule has 4 aliphatic rings. The van der Waals surface area contributed by atoms with Crippen LogP contribution in [0.4, 0.5) is 0 Å². The van der Waals surface area contributed by atoms with Crippen LogP contribution in [0, 0.1) is 46.3 Å². The Morgan fingerprint density at radius 1 is 1.09 bits per heavy atom. The summed E-state index contributed by atoms with van der Waals surface area (Å²) in [5.41, 5.74) is 2.35. The quantitative estimate of drug-likeness (QED) is 0.139. The van der Waals surface area contributed by atoms with E-state index in [1.165, 1.54) is 51.4 Å². The van der Waals surface area contributed by atoms with E-state index < -0.39 is 0 Å². The first-order valence-electron chi connectivity index (χ1n) is 14.6. The smallest absolute Gasteiger partial charge is 0.309 e. The van der Waals surface area contributed by atoms with Gasteiger partial charge in [0.1, 0.15) is 12.7 Å². The number of allylic oxidation sites excluding steroid dienone is 1. The summed E-state index contributed by atoms with van der Waals surface area (Å²) in [6, 6.07) is 0. The van der Waals surface area contributed by atoms with E-state index in [1.807, 2.05) is 0 Å². The Balaban J connectivity index is 1.39. The number of fused-ring (bicyclic) bond motifs is 5. The topological polar surface area (TPSA) is 52.6 Å². The lowest BCUT2D eigenvalue weighted by Gasteiger charge is -2.58. The molecule has 198 valence electrons. The molecule has 0 aromatic heterocycles. The molecule has 3 fully saturated rings. The molecule has 0 aliphatic heterocycles. The Bertz CT molecular complexity index is 787. The molecular formula is C31H50O4. The van der Waals surface area contributed by atoms with Crippen LogP contribution in [0.25, 0.3) is 0 Å². The van der Waals surface area contributed by atoms with Crippen LogP contribution >= 0.6 is 0 Å². The number of carbonyl (C=O) groups is 2. The minimum Gasteiger partial charge on any atom is -0.467 e. The molecule has 4 nitrogen and oxygen atoms in total. The van der Waals surface area contributed by atoms with Gasteiger partial charge >= 0.3 is 5.97 Å². The highest BCUT2D eigenvalue weighted by molar-refractivity contribution is 5.69. The zero-order valence-corrected chi connectivity index (χ0v) is 23.0. The van der Waals surface area contributed by atoms with E-state index in [1.54, 1.807) is 5.57 Å². The van der Waals surface area contributed by atoms with Crippen molar-refractivity contribution in [1.29, 1.82) is 0 Å². The number of hydrogen-bond acceptors (Lipinski definition) is 4.